The number of hydrogen-bond acceptors (Lipinski definition) is 6. The smallest absolute Gasteiger partial charge is 0.321 e. The molecule has 2 heterocycles. The van der Waals surface area contributed by atoms with E-state index in [1.807, 2.05) is 55.1 Å². The van der Waals surface area contributed by atoms with Gasteiger partial charge in [0, 0.05) is 43.5 Å². The van der Waals surface area contributed by atoms with Crippen molar-refractivity contribution in [2.75, 3.05) is 50.6 Å². The molecule has 1 saturated heterocycles. The predicted molar refractivity (Wildman–Crippen MR) is 129 cm³/mol. The van der Waals surface area contributed by atoms with Crippen LogP contribution in [0.3, 0.4) is 0 Å². The van der Waals surface area contributed by atoms with Gasteiger partial charge in [0.25, 0.3) is 0 Å². The Balaban J connectivity index is 1.41. The molecule has 2 amide bonds. The first kappa shape index (κ1) is 22.4. The summed E-state index contributed by atoms with van der Waals surface area (Å²) in [7, 11) is 3.23. The molecule has 0 spiro atoms. The summed E-state index contributed by atoms with van der Waals surface area (Å²) in [6.45, 7) is 6.68. The molecule has 1 N–H and O–H groups in total. The zero-order valence-corrected chi connectivity index (χ0v) is 19.5. The van der Waals surface area contributed by atoms with Crippen LogP contribution in [0, 0.1) is 13.8 Å². The monoisotopic (exact) mass is 447 g/mol. The highest BCUT2D eigenvalue weighted by molar-refractivity contribution is 5.90. The first-order chi connectivity index (χ1) is 16.0. The molecular weight excluding hydrogens is 418 g/mol. The first-order valence-corrected chi connectivity index (χ1v) is 10.9. The van der Waals surface area contributed by atoms with Crippen molar-refractivity contribution in [1.29, 1.82) is 0 Å². The van der Waals surface area contributed by atoms with Crippen molar-refractivity contribution >= 4 is 17.5 Å². The van der Waals surface area contributed by atoms with E-state index in [9.17, 15) is 4.79 Å². The molecule has 3 aromatic rings. The van der Waals surface area contributed by atoms with Crippen LogP contribution < -0.4 is 19.7 Å². The number of piperazine rings is 1. The lowest BCUT2D eigenvalue weighted by Gasteiger charge is -2.35. The molecule has 0 radical (unpaired) electrons. The normalized spacial score (nSPS) is 13.6. The predicted octanol–water partition coefficient (Wildman–Crippen LogP) is 4.13. The molecule has 0 bridgehead atoms. The Hall–Kier alpha value is -3.81. The van der Waals surface area contributed by atoms with E-state index < -0.39 is 0 Å². The molecule has 1 aromatic heterocycles. The largest absolute Gasteiger partial charge is 0.493 e. The number of anilines is 2. The van der Waals surface area contributed by atoms with Crippen molar-refractivity contribution < 1.29 is 14.3 Å². The van der Waals surface area contributed by atoms with Gasteiger partial charge in [0.1, 0.15) is 12.1 Å². The van der Waals surface area contributed by atoms with E-state index in [1.165, 1.54) is 5.56 Å². The lowest BCUT2D eigenvalue weighted by molar-refractivity contribution is 0.208. The van der Waals surface area contributed by atoms with Crippen LogP contribution in [0.15, 0.2) is 48.8 Å². The van der Waals surface area contributed by atoms with Crippen molar-refractivity contribution in [3.8, 4) is 22.8 Å². The van der Waals surface area contributed by atoms with E-state index in [-0.39, 0.29) is 6.03 Å². The number of ether oxygens (including phenoxy) is 2. The van der Waals surface area contributed by atoms with Gasteiger partial charge in [0.05, 0.1) is 19.9 Å². The average Bonchev–Trinajstić information content (AvgIpc) is 2.85. The Morgan fingerprint density at radius 2 is 1.67 bits per heavy atom. The number of nitrogens with one attached hydrogen (secondary N) is 1. The van der Waals surface area contributed by atoms with E-state index in [4.69, 9.17) is 9.47 Å². The second-order valence-electron chi connectivity index (χ2n) is 8.05. The van der Waals surface area contributed by atoms with Gasteiger partial charge in [0.15, 0.2) is 11.5 Å². The number of aryl methyl sites for hydroxylation is 2. The molecule has 0 saturated carbocycles. The minimum absolute atomic E-state index is 0.0738. The number of nitrogens with zero attached hydrogens (tertiary/aromatic N) is 4. The number of urea groups is 1. The Labute approximate surface area is 194 Å². The SMILES string of the molecule is COc1ccc(-c2cc(N3CCN(C(=O)Nc4ccc(C)cc4C)CC3)ncn2)cc1OC. The van der Waals surface area contributed by atoms with Crippen LogP contribution in [0.4, 0.5) is 16.3 Å². The Morgan fingerprint density at radius 1 is 0.909 bits per heavy atom. The molecule has 1 aliphatic rings. The van der Waals surface area contributed by atoms with E-state index in [0.717, 1.165) is 28.3 Å². The van der Waals surface area contributed by atoms with Crippen LogP contribution in [0.25, 0.3) is 11.3 Å². The number of amides is 2. The van der Waals surface area contributed by atoms with Crippen LogP contribution in [0.1, 0.15) is 11.1 Å². The highest BCUT2D eigenvalue weighted by Crippen LogP contribution is 2.32. The molecule has 8 heteroatoms. The van der Waals surface area contributed by atoms with Gasteiger partial charge >= 0.3 is 6.03 Å². The minimum atomic E-state index is -0.0738. The van der Waals surface area contributed by atoms with Gasteiger partial charge < -0.3 is 24.6 Å². The molecule has 172 valence electrons. The van der Waals surface area contributed by atoms with Crippen LogP contribution in [0.2, 0.25) is 0 Å². The lowest BCUT2D eigenvalue weighted by atomic mass is 10.1. The zero-order valence-electron chi connectivity index (χ0n) is 19.5. The minimum Gasteiger partial charge on any atom is -0.493 e. The fraction of sp³-hybridized carbons (Fsp3) is 0.320. The van der Waals surface area contributed by atoms with Crippen molar-refractivity contribution in [2.45, 2.75) is 13.8 Å². The lowest BCUT2D eigenvalue weighted by Crippen LogP contribution is -2.50. The van der Waals surface area contributed by atoms with Crippen LogP contribution in [-0.4, -0.2) is 61.3 Å². The summed E-state index contributed by atoms with van der Waals surface area (Å²) < 4.78 is 10.7. The summed E-state index contributed by atoms with van der Waals surface area (Å²) in [6.07, 6.45) is 1.57. The Kier molecular flexibility index (Phi) is 6.63. The van der Waals surface area contributed by atoms with Gasteiger partial charge in [0.2, 0.25) is 0 Å². The Morgan fingerprint density at radius 3 is 2.36 bits per heavy atom. The van der Waals surface area contributed by atoms with Crippen molar-refractivity contribution in [3.05, 3.63) is 59.9 Å². The first-order valence-electron chi connectivity index (χ1n) is 10.9. The van der Waals surface area contributed by atoms with E-state index in [1.54, 1.807) is 20.5 Å². The highest BCUT2D eigenvalue weighted by atomic mass is 16.5. The third-order valence-electron chi connectivity index (χ3n) is 5.85. The third kappa shape index (κ3) is 5.00. The summed E-state index contributed by atoms with van der Waals surface area (Å²) in [5.41, 5.74) is 4.81. The van der Waals surface area contributed by atoms with Crippen LogP contribution >= 0.6 is 0 Å². The number of rotatable bonds is 5. The number of carbonyl (C=O) groups is 1. The van der Waals surface area contributed by atoms with Crippen molar-refractivity contribution in [2.24, 2.45) is 0 Å². The second kappa shape index (κ2) is 9.77. The van der Waals surface area contributed by atoms with Gasteiger partial charge in [-0.3, -0.25) is 0 Å². The maximum absolute atomic E-state index is 12.7. The van der Waals surface area contributed by atoms with Crippen LogP contribution in [-0.2, 0) is 0 Å². The summed E-state index contributed by atoms with van der Waals surface area (Å²) in [5, 5.41) is 3.03. The third-order valence-corrected chi connectivity index (χ3v) is 5.85. The standard InChI is InChI=1S/C25H29N5O3/c1-17-5-7-20(18(2)13-17)28-25(31)30-11-9-29(10-12-30)24-15-21(26-16-27-24)19-6-8-22(32-3)23(14-19)33-4/h5-8,13-16H,9-12H2,1-4H3,(H,28,31). The van der Waals surface area contributed by atoms with Gasteiger partial charge in [-0.15, -0.1) is 0 Å². The summed E-state index contributed by atoms with van der Waals surface area (Å²) in [5.74, 6) is 2.16. The molecule has 0 unspecified atom stereocenters. The zero-order chi connectivity index (χ0) is 23.4. The van der Waals surface area contributed by atoms with Gasteiger partial charge in [-0.05, 0) is 43.7 Å². The molecule has 4 rings (SSSR count). The Bertz CT molecular complexity index is 1140. The molecule has 33 heavy (non-hydrogen) atoms. The van der Waals surface area contributed by atoms with E-state index in [0.29, 0.717) is 37.7 Å². The maximum Gasteiger partial charge on any atom is 0.321 e. The topological polar surface area (TPSA) is 79.8 Å². The van der Waals surface area contributed by atoms with E-state index >= 15 is 0 Å². The fourth-order valence-electron chi connectivity index (χ4n) is 3.96. The van der Waals surface area contributed by atoms with Gasteiger partial charge in [-0.2, -0.15) is 0 Å². The molecule has 1 fully saturated rings. The molecule has 0 aliphatic carbocycles. The number of aromatic nitrogens is 2. The van der Waals surface area contributed by atoms with Crippen LogP contribution in [0.5, 0.6) is 11.5 Å². The molecule has 1 aliphatic heterocycles. The number of benzene rings is 2. The quantitative estimate of drug-likeness (QED) is 0.634. The maximum atomic E-state index is 12.7. The number of hydrogen-bond donors (Lipinski definition) is 1. The summed E-state index contributed by atoms with van der Waals surface area (Å²) in [6, 6.07) is 13.6. The molecular formula is C25H29N5O3. The summed E-state index contributed by atoms with van der Waals surface area (Å²) >= 11 is 0. The fourth-order valence-corrected chi connectivity index (χ4v) is 3.96. The molecule has 0 atom stereocenters. The number of carbonyl (C=O) groups excluding carboxylic acids is 1. The molecule has 8 nitrogen and oxygen atoms in total. The second-order valence-corrected chi connectivity index (χ2v) is 8.05. The van der Waals surface area contributed by atoms with Gasteiger partial charge in [-0.25, -0.2) is 14.8 Å². The van der Waals surface area contributed by atoms with Crippen molar-refractivity contribution in [1.82, 2.24) is 14.9 Å². The summed E-state index contributed by atoms with van der Waals surface area (Å²) in [4.78, 5) is 25.7. The highest BCUT2D eigenvalue weighted by Gasteiger charge is 2.23. The van der Waals surface area contributed by atoms with E-state index in [2.05, 4.69) is 26.3 Å². The van der Waals surface area contributed by atoms with Crippen molar-refractivity contribution in [3.63, 3.8) is 0 Å². The average molecular weight is 448 g/mol. The van der Waals surface area contributed by atoms with Gasteiger partial charge in [-0.1, -0.05) is 17.7 Å². The molecule has 2 aromatic carbocycles. The number of methoxy groups -OCH3 is 2.